The molecule has 4 N–H and O–H groups in total. The number of pyridine rings is 5. The molecule has 10 aromatic heterocycles. The van der Waals surface area contributed by atoms with Gasteiger partial charge >= 0.3 is 0 Å². The van der Waals surface area contributed by atoms with Crippen LogP contribution in [-0.2, 0) is 35.7 Å². The van der Waals surface area contributed by atoms with Crippen LogP contribution in [0.4, 0.5) is 5.69 Å². The predicted molar refractivity (Wildman–Crippen MR) is 464 cm³/mol. The van der Waals surface area contributed by atoms with E-state index in [-0.39, 0.29) is 12.7 Å². The number of anilines is 1. The number of rotatable bonds is 17. The molecule has 592 valence electrons. The molecule has 15 aromatic rings. The van der Waals surface area contributed by atoms with Crippen molar-refractivity contribution in [2.24, 2.45) is 5.92 Å². The van der Waals surface area contributed by atoms with Gasteiger partial charge in [-0.3, -0.25) is 39.6 Å². The number of piperidine rings is 2. The van der Waals surface area contributed by atoms with Crippen molar-refractivity contribution in [3.05, 3.63) is 293 Å². The number of ether oxygens (including phenoxy) is 2. The van der Waals surface area contributed by atoms with Crippen LogP contribution >= 0.6 is 46.4 Å². The summed E-state index contributed by atoms with van der Waals surface area (Å²) in [6, 6.07) is 50.4. The van der Waals surface area contributed by atoms with Crippen LogP contribution in [0.2, 0.25) is 20.1 Å². The van der Waals surface area contributed by atoms with Crippen LogP contribution in [0.3, 0.4) is 0 Å². The highest BCUT2D eigenvalue weighted by atomic mass is 35.5. The van der Waals surface area contributed by atoms with Crippen molar-refractivity contribution in [1.29, 1.82) is 0 Å². The summed E-state index contributed by atoms with van der Waals surface area (Å²) >= 11 is 24.0. The zero-order valence-electron chi connectivity index (χ0n) is 64.4. The second kappa shape index (κ2) is 38.7. The van der Waals surface area contributed by atoms with E-state index in [1.807, 2.05) is 159 Å². The number of nitrogens with one attached hydrogen (secondary N) is 1. The first-order valence-electron chi connectivity index (χ1n) is 39.4. The molecule has 0 unspecified atom stereocenters. The lowest BCUT2D eigenvalue weighted by atomic mass is 9.97. The standard InChI is InChI=1S/C20H22ClN3O.C19H20ClN3O.C18H18ClN3O.C18H19N3O.C16H16ClN3O/c21-17-1-3-18(4-2-17)24-13-16(19-5-8-22-11-20(19)24)12-23-9-6-15(14-25)7-10-23;20-15-1-3-16(4-2-15)23-13-14(18-5-8-21-11-19(18)23)12-22-9-6-17(24)7-10-22;19-15-1-3-16(4-2-15)22-13-14(12-21-7-9-23-10-8-21)17-5-6-20-11-18(17)22;1-14-2-4-15(5-3-14)21-13-18(20-8-10-22-11-9-20)16-6-7-19-12-17(16)21;17-13-1-3-14(4-2-13)20-11-12(9-19-7-8-21)15-5-6-18-10-16(15)20/h1-5,8,11,13,15,25H,6-7,9-10,12,14H2;1-5,8,11,13,17,24H,6-7,9-10,12H2;1-6,11,13H,7-10,12H2;2-7,12-13H,8-11H2,1H3;1-6,10-11,19,21H,7-9H2. The molecular weight excluding hydrogens is 1520 g/mol. The number of halogens is 4. The average molecular weight is 1620 g/mol. The minimum Gasteiger partial charge on any atom is -0.396 e. The number of aliphatic hydroxyl groups is 3. The summed E-state index contributed by atoms with van der Waals surface area (Å²) in [4.78, 5) is 31.2. The molecule has 0 bridgehead atoms. The number of hydrogen-bond acceptors (Lipinski definition) is 15. The minimum atomic E-state index is -0.138. The third-order valence-corrected chi connectivity index (χ3v) is 22.9. The maximum Gasteiger partial charge on any atom is 0.0734 e. The van der Waals surface area contributed by atoms with Crippen LogP contribution in [-0.4, -0.2) is 182 Å². The van der Waals surface area contributed by atoms with Crippen molar-refractivity contribution >= 4 is 107 Å². The van der Waals surface area contributed by atoms with Gasteiger partial charge in [0, 0.05) is 216 Å². The molecule has 24 heteroatoms. The Labute approximate surface area is 689 Å². The van der Waals surface area contributed by atoms with E-state index < -0.39 is 0 Å². The number of likely N-dealkylation sites (tertiary alicyclic amines) is 2. The minimum absolute atomic E-state index is 0.136. The second-order valence-electron chi connectivity index (χ2n) is 29.5. The van der Waals surface area contributed by atoms with E-state index in [0.717, 1.165) is 200 Å². The molecule has 19 rings (SSSR count). The Morgan fingerprint density at radius 3 is 1.06 bits per heavy atom. The van der Waals surface area contributed by atoms with Gasteiger partial charge in [0.1, 0.15) is 0 Å². The molecule has 20 nitrogen and oxygen atoms in total. The van der Waals surface area contributed by atoms with Crippen molar-refractivity contribution in [2.75, 3.05) is 103 Å². The van der Waals surface area contributed by atoms with Gasteiger partial charge in [-0.1, -0.05) is 64.1 Å². The summed E-state index contributed by atoms with van der Waals surface area (Å²) in [7, 11) is 0. The van der Waals surface area contributed by atoms with Gasteiger partial charge in [-0.25, -0.2) is 0 Å². The molecule has 4 aliphatic heterocycles. The van der Waals surface area contributed by atoms with Gasteiger partial charge in [0.05, 0.1) is 103 Å². The Kier molecular flexibility index (Phi) is 27.1. The Bertz CT molecular complexity index is 5630. The summed E-state index contributed by atoms with van der Waals surface area (Å²) in [5.41, 5.74) is 18.7. The lowest BCUT2D eigenvalue weighted by Gasteiger charge is -2.30. The molecular formula is C91H95Cl4N15O5. The zero-order valence-corrected chi connectivity index (χ0v) is 67.5. The Morgan fingerprint density at radius 2 is 0.687 bits per heavy atom. The number of aromatic nitrogens is 10. The molecule has 0 saturated carbocycles. The van der Waals surface area contributed by atoms with Crippen LogP contribution in [0.5, 0.6) is 0 Å². The summed E-state index contributed by atoms with van der Waals surface area (Å²) in [6.07, 6.45) is 33.5. The third kappa shape index (κ3) is 19.8. The van der Waals surface area contributed by atoms with Crippen molar-refractivity contribution < 1.29 is 24.8 Å². The number of benzene rings is 5. The molecule has 5 aromatic carbocycles. The summed E-state index contributed by atoms with van der Waals surface area (Å²) in [6.45, 7) is 17.7. The SMILES string of the molecule is Cc1ccc(-n2cc(N3CCOCC3)c3ccncc32)cc1.Clc1ccc(-n2cc(CN3CCOCC3)c3ccncc32)cc1.OC1CCN(Cc2cn(-c3ccc(Cl)cc3)c3cnccc23)CC1.OCC1CCN(Cc2cn(-c3ccc(Cl)cc3)c3cnccc23)CC1.OCCNCc1cn(-c2ccc(Cl)cc2)c2cnccc12. The molecule has 14 heterocycles. The van der Waals surface area contributed by atoms with Crippen molar-refractivity contribution in [3.63, 3.8) is 0 Å². The van der Waals surface area contributed by atoms with Gasteiger partial charge in [-0.2, -0.15) is 0 Å². The van der Waals surface area contributed by atoms with E-state index >= 15 is 0 Å². The maximum absolute atomic E-state index is 9.69. The zero-order chi connectivity index (χ0) is 79.0. The monoisotopic (exact) mass is 1620 g/mol. The summed E-state index contributed by atoms with van der Waals surface area (Å²) in [5, 5.41) is 40.2. The van der Waals surface area contributed by atoms with Gasteiger partial charge in [0.25, 0.3) is 0 Å². The van der Waals surface area contributed by atoms with Crippen LogP contribution < -0.4 is 10.2 Å². The Balaban J connectivity index is 0.000000113. The highest BCUT2D eigenvalue weighted by Gasteiger charge is 2.24. The molecule has 0 spiro atoms. The first-order chi connectivity index (χ1) is 56.4. The second-order valence-corrected chi connectivity index (χ2v) is 31.2. The van der Waals surface area contributed by atoms with Gasteiger partial charge in [0.2, 0.25) is 0 Å². The largest absolute Gasteiger partial charge is 0.396 e. The number of morpholine rings is 2. The van der Waals surface area contributed by atoms with Gasteiger partial charge in [0.15, 0.2) is 0 Å². The highest BCUT2D eigenvalue weighted by molar-refractivity contribution is 6.31. The molecule has 4 fully saturated rings. The molecule has 0 amide bonds. The van der Waals surface area contributed by atoms with Gasteiger partial charge in [-0.15, -0.1) is 0 Å². The fourth-order valence-corrected chi connectivity index (χ4v) is 16.1. The van der Waals surface area contributed by atoms with Gasteiger partial charge < -0.3 is 57.8 Å². The lowest BCUT2D eigenvalue weighted by molar-refractivity contribution is 0.0343. The fourth-order valence-electron chi connectivity index (χ4n) is 15.6. The first kappa shape index (κ1) is 80.3. The van der Waals surface area contributed by atoms with Crippen LogP contribution in [0, 0.1) is 12.8 Å². The topological polar surface area (TPSA) is 193 Å². The molecule has 0 aliphatic carbocycles. The van der Waals surface area contributed by atoms with E-state index in [4.69, 9.17) is 61.0 Å². The van der Waals surface area contributed by atoms with Crippen molar-refractivity contribution in [2.45, 2.75) is 64.9 Å². The third-order valence-electron chi connectivity index (χ3n) is 21.8. The summed E-state index contributed by atoms with van der Waals surface area (Å²) < 4.78 is 21.8. The predicted octanol–water partition coefficient (Wildman–Crippen LogP) is 17.0. The maximum atomic E-state index is 9.69. The van der Waals surface area contributed by atoms with Gasteiger partial charge in [-0.05, 0) is 213 Å². The van der Waals surface area contributed by atoms with Crippen LogP contribution in [0.25, 0.3) is 83.0 Å². The molecule has 0 radical (unpaired) electrons. The lowest BCUT2D eigenvalue weighted by Crippen LogP contribution is -2.36. The summed E-state index contributed by atoms with van der Waals surface area (Å²) in [5.74, 6) is 0.468. The van der Waals surface area contributed by atoms with Crippen molar-refractivity contribution in [1.82, 2.24) is 67.8 Å². The highest BCUT2D eigenvalue weighted by Crippen LogP contribution is 2.35. The van der Waals surface area contributed by atoms with Crippen molar-refractivity contribution in [3.8, 4) is 28.4 Å². The van der Waals surface area contributed by atoms with E-state index in [1.165, 1.54) is 60.7 Å². The van der Waals surface area contributed by atoms with Crippen LogP contribution in [0.15, 0.2) is 245 Å². The number of aliphatic hydroxyl groups excluding tert-OH is 3. The van der Waals surface area contributed by atoms with E-state index in [2.05, 4.69) is 159 Å². The Hall–Kier alpha value is -9.85. The first-order valence-corrected chi connectivity index (χ1v) is 40.9. The Morgan fingerprint density at radius 1 is 0.374 bits per heavy atom. The smallest absolute Gasteiger partial charge is 0.0734 e. The number of aryl methyl sites for hydroxylation is 1. The van der Waals surface area contributed by atoms with Crippen LogP contribution in [0.1, 0.15) is 53.5 Å². The molecule has 4 aliphatic rings. The normalized spacial score (nSPS) is 15.3. The molecule has 0 atom stereocenters. The van der Waals surface area contributed by atoms with E-state index in [0.29, 0.717) is 25.6 Å². The molecule has 115 heavy (non-hydrogen) atoms. The number of nitrogens with zero attached hydrogens (tertiary/aromatic N) is 14. The van der Waals surface area contributed by atoms with E-state index in [1.54, 1.807) is 6.20 Å². The number of fused-ring (bicyclic) bond motifs is 5. The average Bonchev–Trinajstić information content (AvgIpc) is 1.66. The fraction of sp³-hybridized carbons (Fsp3) is 0.286. The molecule has 4 saturated heterocycles. The number of hydrogen-bond donors (Lipinski definition) is 4. The van der Waals surface area contributed by atoms with E-state index in [9.17, 15) is 10.2 Å². The quantitative estimate of drug-likeness (QED) is 0.0629.